The van der Waals surface area contributed by atoms with Gasteiger partial charge in [0.15, 0.2) is 0 Å². The van der Waals surface area contributed by atoms with Gasteiger partial charge in [-0.1, -0.05) is 31.2 Å². The van der Waals surface area contributed by atoms with Gasteiger partial charge in [0.25, 0.3) is 0 Å². The Morgan fingerprint density at radius 2 is 2.35 bits per heavy atom. The van der Waals surface area contributed by atoms with E-state index in [-0.39, 0.29) is 12.1 Å². The number of hydrogen-bond donors (Lipinski definition) is 2. The van der Waals surface area contributed by atoms with E-state index < -0.39 is 0 Å². The van der Waals surface area contributed by atoms with Crippen LogP contribution in [0.2, 0.25) is 0 Å². The third kappa shape index (κ3) is 2.68. The minimum atomic E-state index is 0.194. The largest absolute Gasteiger partial charge is 0.378 e. The van der Waals surface area contributed by atoms with Gasteiger partial charge >= 0.3 is 0 Å². The van der Waals surface area contributed by atoms with Crippen molar-refractivity contribution in [2.24, 2.45) is 11.8 Å². The minimum absolute atomic E-state index is 0.194. The molecular weight excluding hydrogens is 212 g/mol. The lowest BCUT2D eigenvalue weighted by atomic mass is 9.88. The molecule has 0 saturated carbocycles. The number of aryl methyl sites for hydroxylation is 1. The van der Waals surface area contributed by atoms with Gasteiger partial charge in [0.1, 0.15) is 0 Å². The maximum absolute atomic E-state index is 5.73. The van der Waals surface area contributed by atoms with Gasteiger partial charge in [-0.05, 0) is 30.9 Å². The summed E-state index contributed by atoms with van der Waals surface area (Å²) in [5, 5.41) is 0. The van der Waals surface area contributed by atoms with Crippen molar-refractivity contribution in [2.75, 3.05) is 6.61 Å². The second kappa shape index (κ2) is 5.63. The van der Waals surface area contributed by atoms with Crippen LogP contribution in [0.3, 0.4) is 0 Å². The maximum atomic E-state index is 5.73. The van der Waals surface area contributed by atoms with Crippen LogP contribution >= 0.6 is 0 Å². The van der Waals surface area contributed by atoms with Crippen LogP contribution in [0.5, 0.6) is 0 Å². The molecule has 0 spiro atoms. The average molecular weight is 234 g/mol. The summed E-state index contributed by atoms with van der Waals surface area (Å²) in [4.78, 5) is 0. The lowest BCUT2D eigenvalue weighted by Gasteiger charge is -2.25. The molecule has 0 bridgehead atoms. The third-order valence-corrected chi connectivity index (χ3v) is 3.76. The van der Waals surface area contributed by atoms with Gasteiger partial charge in [-0.2, -0.15) is 0 Å². The van der Waals surface area contributed by atoms with Crippen LogP contribution in [-0.2, 0) is 11.2 Å². The molecule has 0 aliphatic carbocycles. The Kier molecular flexibility index (Phi) is 4.15. The van der Waals surface area contributed by atoms with E-state index in [1.807, 2.05) is 0 Å². The maximum Gasteiger partial charge on any atom is 0.0594 e. The zero-order valence-corrected chi connectivity index (χ0v) is 10.6. The molecule has 0 radical (unpaired) electrons. The number of hydrogen-bond acceptors (Lipinski definition) is 3. The van der Waals surface area contributed by atoms with Crippen molar-refractivity contribution in [1.82, 2.24) is 5.43 Å². The van der Waals surface area contributed by atoms with E-state index in [1.165, 1.54) is 11.1 Å². The first-order chi connectivity index (χ1) is 8.26. The Labute approximate surface area is 103 Å². The summed E-state index contributed by atoms with van der Waals surface area (Å²) in [6.45, 7) is 5.15. The number of nitrogens with two attached hydrogens (primary N) is 1. The number of benzene rings is 1. The van der Waals surface area contributed by atoms with Gasteiger partial charge in [-0.25, -0.2) is 0 Å². The molecule has 3 N–H and O–H groups in total. The minimum Gasteiger partial charge on any atom is -0.378 e. The molecule has 3 unspecified atom stereocenters. The van der Waals surface area contributed by atoms with E-state index in [1.54, 1.807) is 0 Å². The lowest BCUT2D eigenvalue weighted by Crippen LogP contribution is -2.36. The Bertz CT molecular complexity index is 367. The molecule has 3 heteroatoms. The summed E-state index contributed by atoms with van der Waals surface area (Å²) in [5.74, 6) is 6.20. The van der Waals surface area contributed by atoms with Crippen LogP contribution in [0.4, 0.5) is 0 Å². The van der Waals surface area contributed by atoms with Crippen molar-refractivity contribution in [1.29, 1.82) is 0 Å². The smallest absolute Gasteiger partial charge is 0.0594 e. The van der Waals surface area contributed by atoms with Crippen molar-refractivity contribution in [2.45, 2.75) is 38.8 Å². The predicted molar refractivity (Wildman–Crippen MR) is 69.4 cm³/mol. The molecule has 0 aromatic heterocycles. The number of nitrogens with one attached hydrogen (secondary N) is 1. The van der Waals surface area contributed by atoms with Gasteiger partial charge in [0.05, 0.1) is 12.1 Å². The van der Waals surface area contributed by atoms with E-state index in [2.05, 4.69) is 43.5 Å². The third-order valence-electron chi connectivity index (χ3n) is 3.76. The number of rotatable bonds is 4. The Hall–Kier alpha value is -0.900. The number of ether oxygens (including phenoxy) is 1. The first-order valence-corrected chi connectivity index (χ1v) is 6.42. The van der Waals surface area contributed by atoms with Crippen molar-refractivity contribution >= 4 is 0 Å². The molecule has 1 heterocycles. The lowest BCUT2D eigenvalue weighted by molar-refractivity contribution is 0.0954. The highest BCUT2D eigenvalue weighted by Crippen LogP contribution is 2.33. The van der Waals surface area contributed by atoms with Crippen LogP contribution in [0.25, 0.3) is 0 Å². The fourth-order valence-electron chi connectivity index (χ4n) is 2.66. The van der Waals surface area contributed by atoms with Crippen molar-refractivity contribution in [3.05, 3.63) is 35.4 Å². The molecule has 3 nitrogen and oxygen atoms in total. The highest BCUT2D eigenvalue weighted by molar-refractivity contribution is 5.27. The summed E-state index contributed by atoms with van der Waals surface area (Å²) >= 11 is 0. The van der Waals surface area contributed by atoms with Crippen LogP contribution in [0.1, 0.15) is 37.4 Å². The molecular formula is C14H22N2O. The molecule has 1 aliphatic heterocycles. The van der Waals surface area contributed by atoms with Crippen molar-refractivity contribution in [3.8, 4) is 0 Å². The van der Waals surface area contributed by atoms with Gasteiger partial charge in [0.2, 0.25) is 0 Å². The standard InChI is InChI=1S/C14H22N2O/c1-3-11-5-4-6-12(9-11)14(16-15)13-7-8-17-10(13)2/h4-6,9-10,13-14,16H,3,7-8,15H2,1-2H3. The number of hydrazine groups is 1. The summed E-state index contributed by atoms with van der Waals surface area (Å²) in [5.41, 5.74) is 5.59. The molecule has 1 fully saturated rings. The molecule has 1 aromatic rings. The highest BCUT2D eigenvalue weighted by Gasteiger charge is 2.32. The second-order valence-electron chi connectivity index (χ2n) is 4.77. The van der Waals surface area contributed by atoms with Crippen molar-refractivity contribution in [3.63, 3.8) is 0 Å². The first kappa shape index (κ1) is 12.6. The van der Waals surface area contributed by atoms with Gasteiger partial charge < -0.3 is 4.74 Å². The van der Waals surface area contributed by atoms with E-state index in [0.717, 1.165) is 19.4 Å². The second-order valence-corrected chi connectivity index (χ2v) is 4.77. The van der Waals surface area contributed by atoms with Crippen LogP contribution in [-0.4, -0.2) is 12.7 Å². The monoisotopic (exact) mass is 234 g/mol. The summed E-state index contributed by atoms with van der Waals surface area (Å²) < 4.78 is 5.63. The zero-order valence-electron chi connectivity index (χ0n) is 10.6. The van der Waals surface area contributed by atoms with Gasteiger partial charge in [-0.15, -0.1) is 0 Å². The van der Waals surface area contributed by atoms with Crippen LogP contribution in [0.15, 0.2) is 24.3 Å². The van der Waals surface area contributed by atoms with E-state index in [0.29, 0.717) is 5.92 Å². The Balaban J connectivity index is 2.21. The Morgan fingerprint density at radius 1 is 1.53 bits per heavy atom. The van der Waals surface area contributed by atoms with E-state index in [4.69, 9.17) is 10.6 Å². The quantitative estimate of drug-likeness (QED) is 0.620. The first-order valence-electron chi connectivity index (χ1n) is 6.42. The summed E-state index contributed by atoms with van der Waals surface area (Å²) in [6, 6.07) is 8.86. The fraction of sp³-hybridized carbons (Fsp3) is 0.571. The molecule has 2 rings (SSSR count). The van der Waals surface area contributed by atoms with Crippen LogP contribution in [0, 0.1) is 5.92 Å². The molecule has 3 atom stereocenters. The molecule has 1 aromatic carbocycles. The molecule has 17 heavy (non-hydrogen) atoms. The molecule has 0 amide bonds. The molecule has 94 valence electrons. The van der Waals surface area contributed by atoms with E-state index in [9.17, 15) is 0 Å². The summed E-state index contributed by atoms with van der Waals surface area (Å²) in [7, 11) is 0. The molecule has 1 saturated heterocycles. The van der Waals surface area contributed by atoms with Gasteiger partial charge in [-0.3, -0.25) is 11.3 Å². The van der Waals surface area contributed by atoms with E-state index >= 15 is 0 Å². The zero-order chi connectivity index (χ0) is 12.3. The topological polar surface area (TPSA) is 47.3 Å². The van der Waals surface area contributed by atoms with Crippen LogP contribution < -0.4 is 11.3 Å². The Morgan fingerprint density at radius 3 is 2.94 bits per heavy atom. The van der Waals surface area contributed by atoms with Gasteiger partial charge in [0, 0.05) is 12.5 Å². The fourth-order valence-corrected chi connectivity index (χ4v) is 2.66. The summed E-state index contributed by atoms with van der Waals surface area (Å²) in [6.07, 6.45) is 2.41. The normalized spacial score (nSPS) is 26.1. The average Bonchev–Trinajstić information content (AvgIpc) is 2.77. The predicted octanol–water partition coefficient (Wildman–Crippen LogP) is 2.18. The van der Waals surface area contributed by atoms with Crippen molar-refractivity contribution < 1.29 is 4.74 Å². The SMILES string of the molecule is CCc1cccc(C(NN)C2CCOC2C)c1. The molecule has 1 aliphatic rings. The highest BCUT2D eigenvalue weighted by atomic mass is 16.5.